The van der Waals surface area contributed by atoms with Crippen molar-refractivity contribution in [3.05, 3.63) is 58.3 Å². The molecule has 130 valence electrons. The van der Waals surface area contributed by atoms with E-state index in [1.807, 2.05) is 24.3 Å². The average Bonchev–Trinajstić information content (AvgIpc) is 2.55. The first-order valence-electron chi connectivity index (χ1n) is 6.76. The van der Waals surface area contributed by atoms with Gasteiger partial charge in [0.2, 0.25) is 0 Å². The summed E-state index contributed by atoms with van der Waals surface area (Å²) in [5, 5.41) is 18.5. The second kappa shape index (κ2) is 11.7. The van der Waals surface area contributed by atoms with Gasteiger partial charge in [0.1, 0.15) is 6.07 Å². The van der Waals surface area contributed by atoms with Crippen molar-refractivity contribution in [2.45, 2.75) is 22.6 Å². The van der Waals surface area contributed by atoms with Crippen LogP contribution in [0, 0.1) is 11.3 Å². The summed E-state index contributed by atoms with van der Waals surface area (Å²) < 4.78 is 0.922. The summed E-state index contributed by atoms with van der Waals surface area (Å²) in [7, 11) is 0. The molecule has 0 aliphatic heterocycles. The Hall–Kier alpha value is -0.810. The summed E-state index contributed by atoms with van der Waals surface area (Å²) in [6.45, 7) is -0.0685. The number of pyridine rings is 1. The Morgan fingerprint density at radius 3 is 2.67 bits per heavy atom. The normalized spacial score (nSPS) is 12.2. The van der Waals surface area contributed by atoms with Crippen molar-refractivity contribution in [3.8, 4) is 6.07 Å². The molecule has 2 aromatic rings. The van der Waals surface area contributed by atoms with E-state index in [9.17, 15) is 10.4 Å². The van der Waals surface area contributed by atoms with Gasteiger partial charge in [0, 0.05) is 33.1 Å². The third-order valence-corrected chi connectivity index (χ3v) is 4.97. The number of thioether (sulfide) groups is 1. The Bertz CT molecular complexity index is 670. The highest BCUT2D eigenvalue weighted by Gasteiger charge is 2.19. The lowest BCUT2D eigenvalue weighted by Crippen LogP contribution is -2.26. The average molecular weight is 451 g/mol. The molecule has 24 heavy (non-hydrogen) atoms. The molecule has 0 unspecified atom stereocenters. The molecule has 0 aliphatic carbocycles. The van der Waals surface area contributed by atoms with Gasteiger partial charge in [-0.05, 0) is 36.2 Å². The van der Waals surface area contributed by atoms with Gasteiger partial charge in [-0.3, -0.25) is 4.98 Å². The van der Waals surface area contributed by atoms with Crippen molar-refractivity contribution in [2.24, 2.45) is 5.73 Å². The SMILES string of the molecule is Cl.Cl.N#Cc1ccc(Br)cc1S[C@H](C[C@H](N)CO)c1cccnc1. The highest BCUT2D eigenvalue weighted by atomic mass is 79.9. The third-order valence-electron chi connectivity index (χ3n) is 3.14. The summed E-state index contributed by atoms with van der Waals surface area (Å²) >= 11 is 5.00. The molecule has 4 nitrogen and oxygen atoms in total. The minimum absolute atomic E-state index is 0. The van der Waals surface area contributed by atoms with Crippen LogP contribution in [0.15, 0.2) is 52.1 Å². The van der Waals surface area contributed by atoms with Gasteiger partial charge in [-0.15, -0.1) is 36.6 Å². The van der Waals surface area contributed by atoms with Gasteiger partial charge in [-0.2, -0.15) is 5.26 Å². The second-order valence-electron chi connectivity index (χ2n) is 4.82. The molecular formula is C16H18BrCl2N3OS. The van der Waals surface area contributed by atoms with Gasteiger partial charge in [0.25, 0.3) is 0 Å². The first kappa shape index (κ1) is 23.2. The van der Waals surface area contributed by atoms with Crippen LogP contribution in [-0.4, -0.2) is 22.7 Å². The van der Waals surface area contributed by atoms with E-state index in [0.29, 0.717) is 12.0 Å². The van der Waals surface area contributed by atoms with Gasteiger partial charge < -0.3 is 10.8 Å². The molecule has 0 saturated heterocycles. The topological polar surface area (TPSA) is 82.9 Å². The van der Waals surface area contributed by atoms with Crippen LogP contribution in [0.4, 0.5) is 0 Å². The van der Waals surface area contributed by atoms with Crippen LogP contribution in [0.3, 0.4) is 0 Å². The lowest BCUT2D eigenvalue weighted by Gasteiger charge is -2.20. The Morgan fingerprint density at radius 2 is 2.08 bits per heavy atom. The molecule has 0 saturated carbocycles. The van der Waals surface area contributed by atoms with Crippen molar-refractivity contribution in [1.82, 2.24) is 4.98 Å². The maximum absolute atomic E-state index is 9.27. The molecule has 3 N–H and O–H groups in total. The van der Waals surface area contributed by atoms with Crippen LogP contribution in [-0.2, 0) is 0 Å². The van der Waals surface area contributed by atoms with Crippen molar-refractivity contribution in [1.29, 1.82) is 5.26 Å². The fourth-order valence-electron chi connectivity index (χ4n) is 2.01. The predicted molar refractivity (Wildman–Crippen MR) is 106 cm³/mol. The van der Waals surface area contributed by atoms with E-state index in [4.69, 9.17) is 5.73 Å². The lowest BCUT2D eigenvalue weighted by molar-refractivity contribution is 0.259. The summed E-state index contributed by atoms with van der Waals surface area (Å²) in [4.78, 5) is 5.03. The summed E-state index contributed by atoms with van der Waals surface area (Å²) in [5.41, 5.74) is 7.56. The zero-order chi connectivity index (χ0) is 15.9. The number of halogens is 3. The monoisotopic (exact) mass is 449 g/mol. The molecule has 0 amide bonds. The molecule has 0 spiro atoms. The molecule has 2 atom stereocenters. The molecule has 0 fully saturated rings. The predicted octanol–water partition coefficient (Wildman–Crippen LogP) is 4.10. The molecular weight excluding hydrogens is 433 g/mol. The van der Waals surface area contributed by atoms with E-state index in [0.717, 1.165) is 14.9 Å². The highest BCUT2D eigenvalue weighted by molar-refractivity contribution is 9.10. The first-order valence-corrected chi connectivity index (χ1v) is 8.44. The smallest absolute Gasteiger partial charge is 0.100 e. The van der Waals surface area contributed by atoms with E-state index < -0.39 is 0 Å². The number of aromatic nitrogens is 1. The summed E-state index contributed by atoms with van der Waals surface area (Å²) in [5.74, 6) is 0. The van der Waals surface area contributed by atoms with Gasteiger partial charge in [0.05, 0.1) is 12.2 Å². The quantitative estimate of drug-likeness (QED) is 0.647. The zero-order valence-corrected chi connectivity index (χ0v) is 16.7. The molecule has 1 aromatic heterocycles. The van der Waals surface area contributed by atoms with Crippen molar-refractivity contribution in [2.75, 3.05) is 6.61 Å². The number of hydrogen-bond acceptors (Lipinski definition) is 5. The van der Waals surface area contributed by atoms with E-state index in [-0.39, 0.29) is 42.7 Å². The van der Waals surface area contributed by atoms with Crippen LogP contribution < -0.4 is 5.73 Å². The summed E-state index contributed by atoms with van der Waals surface area (Å²) in [6.07, 6.45) is 4.12. The Kier molecular flexibility index (Phi) is 11.3. The fourth-order valence-corrected chi connectivity index (χ4v) is 3.88. The van der Waals surface area contributed by atoms with E-state index >= 15 is 0 Å². The Labute approximate surface area is 166 Å². The fraction of sp³-hybridized carbons (Fsp3) is 0.250. The molecule has 1 heterocycles. The van der Waals surface area contributed by atoms with Crippen LogP contribution in [0.1, 0.15) is 22.8 Å². The molecule has 1 aromatic carbocycles. The maximum atomic E-state index is 9.27. The molecule has 0 bridgehead atoms. The number of nitrogens with zero attached hydrogens (tertiary/aromatic N) is 2. The van der Waals surface area contributed by atoms with E-state index in [1.165, 1.54) is 0 Å². The van der Waals surface area contributed by atoms with Gasteiger partial charge in [-0.25, -0.2) is 0 Å². The van der Waals surface area contributed by atoms with Crippen LogP contribution >= 0.6 is 52.5 Å². The number of aliphatic hydroxyl groups is 1. The van der Waals surface area contributed by atoms with Crippen LogP contribution in [0.2, 0.25) is 0 Å². The Morgan fingerprint density at radius 1 is 1.33 bits per heavy atom. The second-order valence-corrected chi connectivity index (χ2v) is 6.98. The van der Waals surface area contributed by atoms with Crippen LogP contribution in [0.25, 0.3) is 0 Å². The number of aliphatic hydroxyl groups excluding tert-OH is 1. The standard InChI is InChI=1S/C16H16BrN3OS.2ClH/c17-13-4-3-11(8-18)15(6-13)22-16(7-14(19)10-21)12-2-1-5-20-9-12;;/h1-6,9,14,16,21H,7,10,19H2;2*1H/t14-,16+;;/m0../s1. The van der Waals surface area contributed by atoms with E-state index in [2.05, 4.69) is 27.0 Å². The molecule has 8 heteroatoms. The number of benzene rings is 1. The molecule has 0 aliphatic rings. The minimum Gasteiger partial charge on any atom is -0.395 e. The van der Waals surface area contributed by atoms with Crippen LogP contribution in [0.5, 0.6) is 0 Å². The first-order chi connectivity index (χ1) is 10.6. The highest BCUT2D eigenvalue weighted by Crippen LogP contribution is 2.40. The largest absolute Gasteiger partial charge is 0.395 e. The number of rotatable bonds is 6. The lowest BCUT2D eigenvalue weighted by atomic mass is 10.1. The van der Waals surface area contributed by atoms with Gasteiger partial charge in [-0.1, -0.05) is 22.0 Å². The number of nitrogens with two attached hydrogens (primary N) is 1. The van der Waals surface area contributed by atoms with E-state index in [1.54, 1.807) is 30.2 Å². The zero-order valence-electron chi connectivity index (χ0n) is 12.6. The third kappa shape index (κ3) is 6.60. The number of hydrogen-bond donors (Lipinski definition) is 2. The van der Waals surface area contributed by atoms with Crippen molar-refractivity contribution >= 4 is 52.5 Å². The van der Waals surface area contributed by atoms with Gasteiger partial charge in [0.15, 0.2) is 0 Å². The molecule has 2 rings (SSSR count). The number of nitriles is 1. The van der Waals surface area contributed by atoms with Crippen molar-refractivity contribution in [3.63, 3.8) is 0 Å². The molecule has 0 radical (unpaired) electrons. The maximum Gasteiger partial charge on any atom is 0.100 e. The van der Waals surface area contributed by atoms with Crippen molar-refractivity contribution < 1.29 is 5.11 Å². The minimum atomic E-state index is -0.310. The Balaban J connectivity index is 0.00000264. The van der Waals surface area contributed by atoms with Gasteiger partial charge >= 0.3 is 0 Å². The summed E-state index contributed by atoms with van der Waals surface area (Å²) in [6, 6.07) is 11.3.